The van der Waals surface area contributed by atoms with E-state index in [0.717, 1.165) is 5.56 Å². The Morgan fingerprint density at radius 3 is 2.74 bits per heavy atom. The minimum Gasteiger partial charge on any atom is -0.383 e. The molecule has 0 saturated heterocycles. The molecule has 0 aliphatic heterocycles. The molecule has 0 aliphatic carbocycles. The molecule has 0 saturated carbocycles. The van der Waals surface area contributed by atoms with E-state index in [2.05, 4.69) is 5.32 Å². The van der Waals surface area contributed by atoms with Crippen molar-refractivity contribution >= 4 is 41.5 Å². The summed E-state index contributed by atoms with van der Waals surface area (Å²) >= 11 is 11.8. The maximum atomic E-state index is 11.5. The van der Waals surface area contributed by atoms with Gasteiger partial charge in [-0.25, -0.2) is 0 Å². The first-order valence-electron chi connectivity index (χ1n) is 5.50. The van der Waals surface area contributed by atoms with Crippen molar-refractivity contribution in [2.75, 3.05) is 20.3 Å². The number of methoxy groups -OCH3 is 1. The predicted octanol–water partition coefficient (Wildman–Crippen LogP) is 2.05. The Kier molecular flexibility index (Phi) is 9.14. The van der Waals surface area contributed by atoms with Gasteiger partial charge in [-0.2, -0.15) is 0 Å². The van der Waals surface area contributed by atoms with Gasteiger partial charge in [-0.1, -0.05) is 29.3 Å². The zero-order valence-electron chi connectivity index (χ0n) is 10.5. The fraction of sp³-hybridized carbons (Fsp3) is 0.417. The minimum absolute atomic E-state index is 0. The first kappa shape index (κ1) is 18.5. The number of hydrogen-bond donors (Lipinski definition) is 2. The van der Waals surface area contributed by atoms with Gasteiger partial charge in [0.05, 0.1) is 6.61 Å². The number of carbonyl (C=O) groups excluding carboxylic acids is 1. The summed E-state index contributed by atoms with van der Waals surface area (Å²) in [4.78, 5) is 11.5. The molecule has 1 rings (SSSR count). The topological polar surface area (TPSA) is 64.3 Å². The van der Waals surface area contributed by atoms with Gasteiger partial charge in [-0.15, -0.1) is 12.4 Å². The first-order valence-corrected chi connectivity index (χ1v) is 6.26. The monoisotopic (exact) mass is 326 g/mol. The highest BCUT2D eigenvalue weighted by atomic mass is 35.5. The van der Waals surface area contributed by atoms with Gasteiger partial charge in [-0.3, -0.25) is 4.79 Å². The molecule has 0 aliphatic rings. The number of nitrogens with two attached hydrogens (primary N) is 1. The van der Waals surface area contributed by atoms with E-state index < -0.39 is 6.04 Å². The lowest BCUT2D eigenvalue weighted by molar-refractivity contribution is -0.123. The molecule has 0 bridgehead atoms. The van der Waals surface area contributed by atoms with Crippen LogP contribution in [0.1, 0.15) is 5.56 Å². The highest BCUT2D eigenvalue weighted by molar-refractivity contribution is 6.35. The van der Waals surface area contributed by atoms with Crippen molar-refractivity contribution < 1.29 is 9.53 Å². The molecule has 1 unspecified atom stereocenters. The third-order valence-electron chi connectivity index (χ3n) is 2.39. The normalized spacial score (nSPS) is 11.6. The van der Waals surface area contributed by atoms with E-state index in [-0.39, 0.29) is 24.9 Å². The van der Waals surface area contributed by atoms with E-state index in [0.29, 0.717) is 23.0 Å². The van der Waals surface area contributed by atoms with Crippen molar-refractivity contribution in [1.29, 1.82) is 0 Å². The van der Waals surface area contributed by atoms with Gasteiger partial charge in [0.15, 0.2) is 0 Å². The quantitative estimate of drug-likeness (QED) is 0.840. The molecular formula is C12H17Cl3N2O2. The third-order valence-corrected chi connectivity index (χ3v) is 2.98. The second-order valence-electron chi connectivity index (χ2n) is 3.84. The SMILES string of the molecule is COCC(N)C(=O)NCCc1ccc(Cl)cc1Cl.Cl. The summed E-state index contributed by atoms with van der Waals surface area (Å²) in [6.45, 7) is 0.672. The van der Waals surface area contributed by atoms with Crippen molar-refractivity contribution in [3.8, 4) is 0 Å². The Labute approximate surface area is 129 Å². The fourth-order valence-electron chi connectivity index (χ4n) is 1.43. The van der Waals surface area contributed by atoms with Crippen LogP contribution < -0.4 is 11.1 Å². The van der Waals surface area contributed by atoms with Gasteiger partial charge >= 0.3 is 0 Å². The van der Waals surface area contributed by atoms with E-state index in [4.69, 9.17) is 33.7 Å². The van der Waals surface area contributed by atoms with Crippen molar-refractivity contribution in [1.82, 2.24) is 5.32 Å². The molecule has 1 amide bonds. The largest absolute Gasteiger partial charge is 0.383 e. The summed E-state index contributed by atoms with van der Waals surface area (Å²) < 4.78 is 4.80. The first-order chi connectivity index (χ1) is 8.54. The molecule has 0 spiro atoms. The van der Waals surface area contributed by atoms with Gasteiger partial charge in [0.2, 0.25) is 5.91 Å². The zero-order valence-corrected chi connectivity index (χ0v) is 12.8. The van der Waals surface area contributed by atoms with Crippen LogP contribution in [0.4, 0.5) is 0 Å². The van der Waals surface area contributed by atoms with Crippen LogP contribution in [0.25, 0.3) is 0 Å². The Morgan fingerprint density at radius 1 is 1.47 bits per heavy atom. The van der Waals surface area contributed by atoms with Crippen LogP contribution in [0.3, 0.4) is 0 Å². The highest BCUT2D eigenvalue weighted by Crippen LogP contribution is 2.20. The number of rotatable bonds is 6. The number of benzene rings is 1. The maximum Gasteiger partial charge on any atom is 0.239 e. The third kappa shape index (κ3) is 6.45. The zero-order chi connectivity index (χ0) is 13.5. The Hall–Kier alpha value is -0.520. The molecule has 7 heteroatoms. The van der Waals surface area contributed by atoms with Crippen LogP contribution in [-0.4, -0.2) is 32.2 Å². The Morgan fingerprint density at radius 2 is 2.16 bits per heavy atom. The van der Waals surface area contributed by atoms with Crippen LogP contribution >= 0.6 is 35.6 Å². The molecular weight excluding hydrogens is 311 g/mol. The summed E-state index contributed by atoms with van der Waals surface area (Å²) in [6, 6.07) is 4.64. The van der Waals surface area contributed by atoms with Gasteiger partial charge in [0.25, 0.3) is 0 Å². The molecule has 1 atom stereocenters. The molecule has 1 aromatic carbocycles. The van der Waals surface area contributed by atoms with E-state index in [1.807, 2.05) is 6.07 Å². The lowest BCUT2D eigenvalue weighted by atomic mass is 10.1. The smallest absolute Gasteiger partial charge is 0.239 e. The molecule has 19 heavy (non-hydrogen) atoms. The molecule has 4 nitrogen and oxygen atoms in total. The maximum absolute atomic E-state index is 11.5. The van der Waals surface area contributed by atoms with Gasteiger partial charge in [0, 0.05) is 23.7 Å². The Balaban J connectivity index is 0.00000324. The van der Waals surface area contributed by atoms with Crippen LogP contribution in [0.15, 0.2) is 18.2 Å². The molecule has 0 aromatic heterocycles. The van der Waals surface area contributed by atoms with Gasteiger partial charge < -0.3 is 15.8 Å². The van der Waals surface area contributed by atoms with Gasteiger partial charge in [0.1, 0.15) is 6.04 Å². The summed E-state index contributed by atoms with van der Waals surface area (Å²) in [5, 5.41) is 3.91. The molecule has 0 radical (unpaired) electrons. The number of carbonyl (C=O) groups is 1. The summed E-state index contributed by atoms with van der Waals surface area (Å²) in [5.41, 5.74) is 6.51. The molecule has 108 valence electrons. The summed E-state index contributed by atoms with van der Waals surface area (Å²) in [5.74, 6) is -0.234. The average Bonchev–Trinajstić information content (AvgIpc) is 2.32. The molecule has 1 aromatic rings. The van der Waals surface area contributed by atoms with Gasteiger partial charge in [-0.05, 0) is 24.1 Å². The van der Waals surface area contributed by atoms with Crippen LogP contribution in [0.5, 0.6) is 0 Å². The molecule has 0 heterocycles. The fourth-order valence-corrected chi connectivity index (χ4v) is 1.93. The molecule has 3 N–H and O–H groups in total. The summed E-state index contributed by atoms with van der Waals surface area (Å²) in [7, 11) is 1.50. The average molecular weight is 328 g/mol. The van der Waals surface area contributed by atoms with Crippen molar-refractivity contribution in [2.24, 2.45) is 5.73 Å². The highest BCUT2D eigenvalue weighted by Gasteiger charge is 2.12. The van der Waals surface area contributed by atoms with E-state index in [1.54, 1.807) is 12.1 Å². The lowest BCUT2D eigenvalue weighted by Gasteiger charge is -2.11. The lowest BCUT2D eigenvalue weighted by Crippen LogP contribution is -2.44. The number of halogens is 3. The predicted molar refractivity (Wildman–Crippen MR) is 80.3 cm³/mol. The number of nitrogens with one attached hydrogen (secondary N) is 1. The van der Waals surface area contributed by atoms with Crippen molar-refractivity contribution in [3.05, 3.63) is 33.8 Å². The number of hydrogen-bond acceptors (Lipinski definition) is 3. The van der Waals surface area contributed by atoms with E-state index in [9.17, 15) is 4.79 Å². The molecule has 0 fully saturated rings. The second-order valence-corrected chi connectivity index (χ2v) is 4.68. The standard InChI is InChI=1S/C12H16Cl2N2O2.ClH/c1-18-7-11(15)12(17)16-5-4-8-2-3-9(13)6-10(8)14;/h2-3,6,11H,4-5,7,15H2,1H3,(H,16,17);1H. The number of ether oxygens (including phenoxy) is 1. The van der Waals surface area contributed by atoms with E-state index >= 15 is 0 Å². The second kappa shape index (κ2) is 9.39. The summed E-state index contributed by atoms with van der Waals surface area (Å²) in [6.07, 6.45) is 0.626. The van der Waals surface area contributed by atoms with E-state index in [1.165, 1.54) is 7.11 Å². The van der Waals surface area contributed by atoms with Crippen molar-refractivity contribution in [3.63, 3.8) is 0 Å². The minimum atomic E-state index is -0.643. The van der Waals surface area contributed by atoms with Crippen LogP contribution in [0, 0.1) is 0 Å². The number of amides is 1. The Bertz CT molecular complexity index is 416. The van der Waals surface area contributed by atoms with Crippen LogP contribution in [-0.2, 0) is 16.0 Å². The van der Waals surface area contributed by atoms with Crippen molar-refractivity contribution in [2.45, 2.75) is 12.5 Å². The van der Waals surface area contributed by atoms with Crippen LogP contribution in [0.2, 0.25) is 10.0 Å².